The zero-order valence-corrected chi connectivity index (χ0v) is 10.7. The Balaban J connectivity index is 2.52. The van der Waals surface area contributed by atoms with Gasteiger partial charge in [0.1, 0.15) is 11.7 Å². The summed E-state index contributed by atoms with van der Waals surface area (Å²) in [6, 6.07) is 9.34. The van der Waals surface area contributed by atoms with Crippen LogP contribution in [0, 0.1) is 40.3 Å². The maximum absolute atomic E-state index is 13.4. The molecule has 0 unspecified atom stereocenters. The van der Waals surface area contributed by atoms with Crippen molar-refractivity contribution < 1.29 is 9.18 Å². The quantitative estimate of drug-likeness (QED) is 0.906. The van der Waals surface area contributed by atoms with Gasteiger partial charge in [-0.15, -0.1) is 0 Å². The third kappa shape index (κ3) is 2.36. The number of hydrogen-bond donors (Lipinski definition) is 1. The lowest BCUT2D eigenvalue weighted by molar-refractivity contribution is -0.122. The molecule has 2 rings (SSSR count). The van der Waals surface area contributed by atoms with Crippen molar-refractivity contribution in [3.05, 3.63) is 35.6 Å². The summed E-state index contributed by atoms with van der Waals surface area (Å²) in [7, 11) is 0. The Labute approximate surface area is 115 Å². The van der Waals surface area contributed by atoms with Gasteiger partial charge in [0, 0.05) is 11.6 Å². The second-order valence-corrected chi connectivity index (χ2v) is 4.52. The third-order valence-corrected chi connectivity index (χ3v) is 3.30. The molecule has 0 bridgehead atoms. The van der Waals surface area contributed by atoms with Gasteiger partial charge in [0.25, 0.3) is 0 Å². The van der Waals surface area contributed by atoms with Crippen LogP contribution in [0.2, 0.25) is 0 Å². The predicted molar refractivity (Wildman–Crippen MR) is 68.6 cm³/mol. The number of halogens is 1. The first-order valence-electron chi connectivity index (χ1n) is 5.97. The van der Waals surface area contributed by atoms with Crippen LogP contribution in [0.25, 0.3) is 0 Å². The summed E-state index contributed by atoms with van der Waals surface area (Å²) in [5.74, 6) is -3.40. The molecule has 20 heavy (non-hydrogen) atoms. The van der Waals surface area contributed by atoms with Gasteiger partial charge in [-0.25, -0.2) is 9.82 Å². The summed E-state index contributed by atoms with van der Waals surface area (Å²) in [5, 5.41) is 22.1. The summed E-state index contributed by atoms with van der Waals surface area (Å²) in [4.78, 5) is 11.9. The van der Waals surface area contributed by atoms with E-state index in [1.165, 1.54) is 18.2 Å². The lowest BCUT2D eigenvalue weighted by Gasteiger charge is -2.23. The van der Waals surface area contributed by atoms with E-state index in [2.05, 4.69) is 10.5 Å². The number of hydrazone groups is 1. The lowest BCUT2D eigenvalue weighted by atomic mass is 9.76. The largest absolute Gasteiger partial charge is 0.272 e. The van der Waals surface area contributed by atoms with E-state index in [-0.39, 0.29) is 5.91 Å². The first-order chi connectivity index (χ1) is 9.58. The van der Waals surface area contributed by atoms with Gasteiger partial charge < -0.3 is 0 Å². The van der Waals surface area contributed by atoms with Gasteiger partial charge in [-0.05, 0) is 24.6 Å². The van der Waals surface area contributed by atoms with Crippen molar-refractivity contribution in [1.29, 1.82) is 10.5 Å². The monoisotopic (exact) mass is 270 g/mol. The number of amides is 1. The van der Waals surface area contributed by atoms with Crippen molar-refractivity contribution in [2.45, 2.75) is 12.8 Å². The fourth-order valence-corrected chi connectivity index (χ4v) is 2.38. The number of rotatable bonds is 3. The molecule has 0 radical (unpaired) electrons. The average molecular weight is 270 g/mol. The molecule has 0 aromatic heterocycles. The van der Waals surface area contributed by atoms with Crippen LogP contribution >= 0.6 is 0 Å². The zero-order chi connectivity index (χ0) is 14.7. The molecule has 0 aliphatic carbocycles. The van der Waals surface area contributed by atoms with Gasteiger partial charge in [-0.2, -0.15) is 15.6 Å². The molecule has 0 saturated carbocycles. The van der Waals surface area contributed by atoms with E-state index in [4.69, 9.17) is 10.5 Å². The summed E-state index contributed by atoms with van der Waals surface area (Å²) >= 11 is 0. The summed E-state index contributed by atoms with van der Waals surface area (Å²) < 4.78 is 13.4. The van der Waals surface area contributed by atoms with Crippen molar-refractivity contribution in [3.8, 4) is 12.1 Å². The molecular weight excluding hydrogens is 259 g/mol. The minimum atomic E-state index is -1.06. The van der Waals surface area contributed by atoms with E-state index in [0.717, 1.165) is 0 Å². The molecule has 1 aromatic rings. The Bertz CT molecular complexity index is 642. The molecule has 5 nitrogen and oxygen atoms in total. The van der Waals surface area contributed by atoms with Crippen molar-refractivity contribution in [1.82, 2.24) is 5.43 Å². The molecule has 2 atom stereocenters. The summed E-state index contributed by atoms with van der Waals surface area (Å²) in [5.41, 5.74) is 3.25. The fourth-order valence-electron chi connectivity index (χ4n) is 2.38. The molecule has 1 aliphatic heterocycles. The Morgan fingerprint density at radius 2 is 2.10 bits per heavy atom. The van der Waals surface area contributed by atoms with Crippen molar-refractivity contribution in [3.63, 3.8) is 0 Å². The number of nitrogens with one attached hydrogen (secondary N) is 1. The first-order valence-corrected chi connectivity index (χ1v) is 5.97. The molecule has 1 aromatic carbocycles. The standard InChI is InChI=1S/C14H11FN4O/c1-8-12(14(20)19-18-8)13(10(6-16)7-17)9-3-2-4-11(15)5-9/h2-5,10,12-13H,1H3,(H,19,20)/t12-,13-/m0/s1. The minimum absolute atomic E-state index is 0.382. The van der Waals surface area contributed by atoms with Gasteiger partial charge in [-0.1, -0.05) is 12.1 Å². The van der Waals surface area contributed by atoms with Gasteiger partial charge >= 0.3 is 0 Å². The number of carbonyl (C=O) groups is 1. The van der Waals surface area contributed by atoms with Crippen LogP contribution in [0.5, 0.6) is 0 Å². The maximum Gasteiger partial charge on any atom is 0.249 e. The van der Waals surface area contributed by atoms with E-state index in [1.54, 1.807) is 13.0 Å². The Hall–Kier alpha value is -2.73. The van der Waals surface area contributed by atoms with E-state index < -0.39 is 23.6 Å². The highest BCUT2D eigenvalue weighted by Gasteiger charge is 2.40. The molecular formula is C14H11FN4O. The van der Waals surface area contributed by atoms with Gasteiger partial charge in [0.2, 0.25) is 5.91 Å². The molecule has 100 valence electrons. The molecule has 0 saturated heterocycles. The predicted octanol–water partition coefficient (Wildman–Crippen LogP) is 1.69. The van der Waals surface area contributed by atoms with Crippen molar-refractivity contribution >= 4 is 11.6 Å². The van der Waals surface area contributed by atoms with Crippen LogP contribution < -0.4 is 5.43 Å². The number of nitrogens with zero attached hydrogens (tertiary/aromatic N) is 3. The van der Waals surface area contributed by atoms with Gasteiger partial charge in [0.15, 0.2) is 0 Å². The van der Waals surface area contributed by atoms with Crippen LogP contribution in [0.15, 0.2) is 29.4 Å². The van der Waals surface area contributed by atoms with Crippen molar-refractivity contribution in [2.75, 3.05) is 0 Å². The number of benzene rings is 1. The highest BCUT2D eigenvalue weighted by Crippen LogP contribution is 2.35. The van der Waals surface area contributed by atoms with Gasteiger partial charge in [0.05, 0.1) is 18.1 Å². The Morgan fingerprint density at radius 1 is 1.40 bits per heavy atom. The van der Waals surface area contributed by atoms with Gasteiger partial charge in [-0.3, -0.25) is 4.79 Å². The number of carbonyl (C=O) groups excluding carboxylic acids is 1. The van der Waals surface area contributed by atoms with Crippen LogP contribution in [0.1, 0.15) is 18.4 Å². The topological polar surface area (TPSA) is 89.0 Å². The lowest BCUT2D eigenvalue weighted by Crippen LogP contribution is -2.32. The molecule has 0 fully saturated rings. The highest BCUT2D eigenvalue weighted by molar-refractivity contribution is 6.07. The van der Waals surface area contributed by atoms with Crippen molar-refractivity contribution in [2.24, 2.45) is 16.9 Å². The second-order valence-electron chi connectivity index (χ2n) is 4.52. The molecule has 1 heterocycles. The molecule has 6 heteroatoms. The second kappa shape index (κ2) is 5.50. The Morgan fingerprint density at radius 3 is 2.60 bits per heavy atom. The van der Waals surface area contributed by atoms with Crippen LogP contribution in [0.3, 0.4) is 0 Å². The summed E-state index contributed by atoms with van der Waals surface area (Å²) in [6.07, 6.45) is 0. The van der Waals surface area contributed by atoms with E-state index >= 15 is 0 Å². The van der Waals surface area contributed by atoms with Crippen LogP contribution in [-0.4, -0.2) is 11.6 Å². The minimum Gasteiger partial charge on any atom is -0.272 e. The van der Waals surface area contributed by atoms with E-state index in [0.29, 0.717) is 11.3 Å². The third-order valence-electron chi connectivity index (χ3n) is 3.30. The van der Waals surface area contributed by atoms with Crippen LogP contribution in [0.4, 0.5) is 4.39 Å². The summed E-state index contributed by atoms with van der Waals surface area (Å²) in [6.45, 7) is 1.64. The maximum atomic E-state index is 13.4. The van der Waals surface area contributed by atoms with Crippen LogP contribution in [-0.2, 0) is 4.79 Å². The fraction of sp³-hybridized carbons (Fsp3) is 0.286. The number of nitriles is 2. The highest BCUT2D eigenvalue weighted by atomic mass is 19.1. The molecule has 0 spiro atoms. The zero-order valence-electron chi connectivity index (χ0n) is 10.7. The molecule has 1 aliphatic rings. The normalized spacial score (nSPS) is 18.9. The SMILES string of the molecule is CC1=NNC(=O)[C@@H]1[C@@H](c1cccc(F)c1)C(C#N)C#N. The Kier molecular flexibility index (Phi) is 3.76. The van der Waals surface area contributed by atoms with E-state index in [1.807, 2.05) is 12.1 Å². The number of hydrogen-bond acceptors (Lipinski definition) is 4. The first kappa shape index (κ1) is 13.7. The smallest absolute Gasteiger partial charge is 0.249 e. The van der Waals surface area contributed by atoms with E-state index in [9.17, 15) is 9.18 Å². The molecule has 1 N–H and O–H groups in total. The molecule has 1 amide bonds. The average Bonchev–Trinajstić information content (AvgIpc) is 2.76.